The van der Waals surface area contributed by atoms with Gasteiger partial charge in [0.15, 0.2) is 0 Å². The number of cyclic esters (lactones) is 1. The largest absolute Gasteiger partial charge is 0.457 e. The number of hydrogen-bond donors (Lipinski definition) is 0. The SMILES string of the molecule is C/C=C1\CC2CC(=O)OC(/C=C/C=C\C=C\CC(=O)N3CCCCC3)C(C)/C=C/C(C)CC3CCCC(CC(C1)O2)O3. The molecule has 4 heterocycles. The van der Waals surface area contributed by atoms with Crippen molar-refractivity contribution in [1.82, 2.24) is 4.90 Å². The quantitative estimate of drug-likeness (QED) is 0.193. The predicted octanol–water partition coefficient (Wildman–Crippen LogP) is 7.41. The lowest BCUT2D eigenvalue weighted by Gasteiger charge is -2.37. The van der Waals surface area contributed by atoms with Crippen LogP contribution >= 0.6 is 0 Å². The molecule has 6 heteroatoms. The Balaban J connectivity index is 1.40. The molecule has 0 N–H and O–H groups in total. The first-order chi connectivity index (χ1) is 20.4. The molecule has 4 rings (SSSR count). The molecule has 0 aliphatic carbocycles. The normalized spacial score (nSPS) is 35.6. The average molecular weight is 580 g/mol. The van der Waals surface area contributed by atoms with Gasteiger partial charge in [0.25, 0.3) is 0 Å². The minimum Gasteiger partial charge on any atom is -0.457 e. The number of rotatable bonds is 5. The number of amides is 1. The highest BCUT2D eigenvalue weighted by Gasteiger charge is 2.32. The summed E-state index contributed by atoms with van der Waals surface area (Å²) in [5.74, 6) is 0.387. The second kappa shape index (κ2) is 17.0. The Morgan fingerprint density at radius 2 is 1.57 bits per heavy atom. The third kappa shape index (κ3) is 10.7. The number of likely N-dealkylation sites (tertiary alicyclic amines) is 1. The fourth-order valence-corrected chi connectivity index (χ4v) is 6.65. The molecular formula is C36H53NO5. The first-order valence-corrected chi connectivity index (χ1v) is 16.5. The molecule has 42 heavy (non-hydrogen) atoms. The number of carbonyl (C=O) groups excluding carboxylic acids is 2. The summed E-state index contributed by atoms with van der Waals surface area (Å²) in [7, 11) is 0. The van der Waals surface area contributed by atoms with Crippen LogP contribution in [0.15, 0.2) is 60.3 Å². The molecule has 0 aromatic carbocycles. The summed E-state index contributed by atoms with van der Waals surface area (Å²) in [6.45, 7) is 8.19. The van der Waals surface area contributed by atoms with E-state index in [9.17, 15) is 9.59 Å². The summed E-state index contributed by atoms with van der Waals surface area (Å²) in [6, 6.07) is 0. The van der Waals surface area contributed by atoms with Crippen molar-refractivity contribution in [3.05, 3.63) is 60.3 Å². The maximum absolute atomic E-state index is 13.2. The van der Waals surface area contributed by atoms with Crippen LogP contribution < -0.4 is 0 Å². The fraction of sp³-hybridized carbons (Fsp3) is 0.667. The molecule has 0 aromatic heterocycles. The Morgan fingerprint density at radius 3 is 2.36 bits per heavy atom. The highest BCUT2D eigenvalue weighted by molar-refractivity contribution is 5.77. The monoisotopic (exact) mass is 579 g/mol. The van der Waals surface area contributed by atoms with Crippen LogP contribution in [0.25, 0.3) is 0 Å². The number of ether oxygens (including phenoxy) is 3. The van der Waals surface area contributed by atoms with Crippen LogP contribution in [0, 0.1) is 11.8 Å². The van der Waals surface area contributed by atoms with Crippen molar-refractivity contribution in [2.45, 2.75) is 128 Å². The molecule has 6 nitrogen and oxygen atoms in total. The number of carbonyl (C=O) groups is 2. The molecule has 232 valence electrons. The van der Waals surface area contributed by atoms with E-state index in [0.717, 1.165) is 64.5 Å². The second-order valence-electron chi connectivity index (χ2n) is 12.7. The lowest BCUT2D eigenvalue weighted by molar-refractivity contribution is -0.154. The van der Waals surface area contributed by atoms with Crippen molar-refractivity contribution in [3.8, 4) is 0 Å². The first-order valence-electron chi connectivity index (χ1n) is 16.5. The van der Waals surface area contributed by atoms with Crippen molar-refractivity contribution >= 4 is 11.9 Å². The highest BCUT2D eigenvalue weighted by Crippen LogP contribution is 2.33. The van der Waals surface area contributed by atoms with E-state index in [0.29, 0.717) is 12.3 Å². The smallest absolute Gasteiger partial charge is 0.309 e. The Labute approximate surface area is 253 Å². The van der Waals surface area contributed by atoms with Crippen LogP contribution in [0.2, 0.25) is 0 Å². The number of fused-ring (bicyclic) bond motifs is 4. The first kappa shape index (κ1) is 32.5. The van der Waals surface area contributed by atoms with Gasteiger partial charge in [-0.3, -0.25) is 9.59 Å². The Hall–Kier alpha value is -2.44. The maximum Gasteiger partial charge on any atom is 0.309 e. The summed E-state index contributed by atoms with van der Waals surface area (Å²) in [4.78, 5) is 27.5. The van der Waals surface area contributed by atoms with E-state index in [-0.39, 0.29) is 54.7 Å². The third-order valence-corrected chi connectivity index (χ3v) is 9.07. The van der Waals surface area contributed by atoms with Gasteiger partial charge in [-0.25, -0.2) is 0 Å². The minimum absolute atomic E-state index is 0.0257. The minimum atomic E-state index is -0.376. The van der Waals surface area contributed by atoms with Crippen LogP contribution in [0.3, 0.4) is 0 Å². The number of nitrogens with zero attached hydrogens (tertiary/aromatic N) is 1. The van der Waals surface area contributed by atoms with Gasteiger partial charge >= 0.3 is 5.97 Å². The number of esters is 1. The second-order valence-corrected chi connectivity index (χ2v) is 12.7. The zero-order chi connectivity index (χ0) is 29.7. The van der Waals surface area contributed by atoms with Crippen molar-refractivity contribution in [1.29, 1.82) is 0 Å². The van der Waals surface area contributed by atoms with Gasteiger partial charge in [0, 0.05) is 31.8 Å². The lowest BCUT2D eigenvalue weighted by atomic mass is 9.90. The summed E-state index contributed by atoms with van der Waals surface area (Å²) < 4.78 is 19.1. The topological polar surface area (TPSA) is 65.1 Å². The predicted molar refractivity (Wildman–Crippen MR) is 168 cm³/mol. The average Bonchev–Trinajstić information content (AvgIpc) is 2.98. The van der Waals surface area contributed by atoms with E-state index >= 15 is 0 Å². The molecule has 7 atom stereocenters. The van der Waals surface area contributed by atoms with E-state index in [1.165, 1.54) is 18.4 Å². The van der Waals surface area contributed by atoms with E-state index < -0.39 is 0 Å². The van der Waals surface area contributed by atoms with Gasteiger partial charge in [-0.05, 0) is 76.7 Å². The molecule has 4 aliphatic rings. The van der Waals surface area contributed by atoms with Gasteiger partial charge < -0.3 is 19.1 Å². The van der Waals surface area contributed by atoms with E-state index in [4.69, 9.17) is 14.2 Å². The fourth-order valence-electron chi connectivity index (χ4n) is 6.65. The lowest BCUT2D eigenvalue weighted by Crippen LogP contribution is -2.37. The number of allylic oxidation sites excluding steroid dienone is 6. The van der Waals surface area contributed by atoms with E-state index in [1.54, 1.807) is 0 Å². The molecule has 7 unspecified atom stereocenters. The highest BCUT2D eigenvalue weighted by atomic mass is 16.5. The third-order valence-electron chi connectivity index (χ3n) is 9.07. The van der Waals surface area contributed by atoms with Gasteiger partial charge in [0.05, 0.1) is 30.8 Å². The van der Waals surface area contributed by atoms with Crippen LogP contribution in [0.4, 0.5) is 0 Å². The summed E-state index contributed by atoms with van der Waals surface area (Å²) in [5.41, 5.74) is 1.36. The molecule has 0 spiro atoms. The maximum atomic E-state index is 13.2. The molecule has 4 aliphatic heterocycles. The molecule has 3 saturated heterocycles. The Bertz CT molecular complexity index is 1020. The summed E-state index contributed by atoms with van der Waals surface area (Å²) in [6.07, 6.45) is 29.4. The molecule has 1 amide bonds. The molecule has 0 aromatic rings. The van der Waals surface area contributed by atoms with Gasteiger partial charge in [0.1, 0.15) is 6.10 Å². The molecule has 4 bridgehead atoms. The molecular weight excluding hydrogens is 526 g/mol. The van der Waals surface area contributed by atoms with Gasteiger partial charge in [-0.2, -0.15) is 0 Å². The Morgan fingerprint density at radius 1 is 0.857 bits per heavy atom. The van der Waals surface area contributed by atoms with Crippen LogP contribution in [-0.2, 0) is 23.8 Å². The number of hydrogen-bond acceptors (Lipinski definition) is 5. The van der Waals surface area contributed by atoms with E-state index in [1.807, 2.05) is 41.4 Å². The molecule has 3 fully saturated rings. The van der Waals surface area contributed by atoms with E-state index in [2.05, 4.69) is 39.0 Å². The van der Waals surface area contributed by atoms with Crippen LogP contribution in [0.1, 0.15) is 97.8 Å². The molecule has 0 radical (unpaired) electrons. The summed E-state index contributed by atoms with van der Waals surface area (Å²) in [5, 5.41) is 0. The van der Waals surface area contributed by atoms with Gasteiger partial charge in [-0.15, -0.1) is 0 Å². The zero-order valence-corrected chi connectivity index (χ0v) is 26.1. The number of piperidine rings is 1. The van der Waals surface area contributed by atoms with Crippen molar-refractivity contribution in [3.63, 3.8) is 0 Å². The zero-order valence-electron chi connectivity index (χ0n) is 26.1. The summed E-state index contributed by atoms with van der Waals surface area (Å²) >= 11 is 0. The van der Waals surface area contributed by atoms with Crippen molar-refractivity contribution < 1.29 is 23.8 Å². The standard InChI is InChI=1S/C36H53NO5/c1-4-29-23-32-25-31-15-13-14-30(40-31)22-27(2)18-19-28(3)34(42-36(39)26-33(24-29)41-32)16-9-6-5-7-10-17-35(38)37-20-11-8-12-21-37/h4-7,9-10,16,18-19,27-28,30-34H,8,11-15,17,20-26H2,1-3H3/b6-5-,10-7+,16-9+,19-18+,29-4-. The van der Waals surface area contributed by atoms with Crippen LogP contribution in [-0.4, -0.2) is 60.4 Å². The van der Waals surface area contributed by atoms with Gasteiger partial charge in [0.2, 0.25) is 5.91 Å². The van der Waals surface area contributed by atoms with Crippen molar-refractivity contribution in [2.24, 2.45) is 11.8 Å². The Kier molecular flexibility index (Phi) is 13.1. The van der Waals surface area contributed by atoms with Gasteiger partial charge in [-0.1, -0.05) is 68.0 Å². The van der Waals surface area contributed by atoms with Crippen LogP contribution in [0.5, 0.6) is 0 Å². The van der Waals surface area contributed by atoms with Crippen molar-refractivity contribution in [2.75, 3.05) is 13.1 Å². The molecule has 0 saturated carbocycles.